The first kappa shape index (κ1) is 15.1. The molecule has 5 heteroatoms. The standard InChI is InChI=1S/C15H26N2O3/c1-10(2)15(7-8-15)9-16-14(20)17-12-6-4-3-5-11(12)13(18)19/h10-12H,3-9H2,1-2H3,(H,18,19)(H2,16,17,20). The van der Waals surface area contributed by atoms with Gasteiger partial charge in [-0.1, -0.05) is 26.7 Å². The molecule has 0 aromatic heterocycles. The van der Waals surface area contributed by atoms with E-state index < -0.39 is 11.9 Å². The smallest absolute Gasteiger partial charge is 0.315 e. The molecule has 0 aromatic rings. The molecule has 2 amide bonds. The first-order chi connectivity index (χ1) is 9.44. The number of nitrogens with one attached hydrogen (secondary N) is 2. The second-order valence-corrected chi connectivity index (χ2v) is 6.68. The van der Waals surface area contributed by atoms with E-state index in [2.05, 4.69) is 24.5 Å². The van der Waals surface area contributed by atoms with Gasteiger partial charge < -0.3 is 15.7 Å². The average Bonchev–Trinajstić information content (AvgIpc) is 3.18. The molecule has 0 heterocycles. The minimum Gasteiger partial charge on any atom is -0.481 e. The predicted molar refractivity (Wildman–Crippen MR) is 76.4 cm³/mol. The highest BCUT2D eigenvalue weighted by Crippen LogP contribution is 2.51. The Balaban J connectivity index is 1.80. The monoisotopic (exact) mass is 282 g/mol. The summed E-state index contributed by atoms with van der Waals surface area (Å²) < 4.78 is 0. The van der Waals surface area contributed by atoms with E-state index in [9.17, 15) is 14.7 Å². The van der Waals surface area contributed by atoms with E-state index in [4.69, 9.17) is 0 Å². The lowest BCUT2D eigenvalue weighted by molar-refractivity contribution is -0.143. The van der Waals surface area contributed by atoms with Gasteiger partial charge in [-0.05, 0) is 37.0 Å². The van der Waals surface area contributed by atoms with Crippen molar-refractivity contribution in [3.63, 3.8) is 0 Å². The number of rotatable bonds is 5. The van der Waals surface area contributed by atoms with E-state index >= 15 is 0 Å². The Morgan fingerprint density at radius 2 is 1.90 bits per heavy atom. The Bertz CT molecular complexity index is 377. The van der Waals surface area contributed by atoms with Crippen molar-refractivity contribution < 1.29 is 14.7 Å². The van der Waals surface area contributed by atoms with Gasteiger partial charge in [0.2, 0.25) is 0 Å². The van der Waals surface area contributed by atoms with Crippen LogP contribution in [0.1, 0.15) is 52.4 Å². The Hall–Kier alpha value is -1.26. The molecule has 5 nitrogen and oxygen atoms in total. The van der Waals surface area contributed by atoms with Gasteiger partial charge in [0.15, 0.2) is 0 Å². The highest BCUT2D eigenvalue weighted by Gasteiger charge is 2.45. The van der Waals surface area contributed by atoms with Crippen LogP contribution in [0.4, 0.5) is 4.79 Å². The van der Waals surface area contributed by atoms with Crippen molar-refractivity contribution in [2.24, 2.45) is 17.3 Å². The number of carbonyl (C=O) groups is 2. The first-order valence-corrected chi connectivity index (χ1v) is 7.72. The Morgan fingerprint density at radius 3 is 2.45 bits per heavy atom. The van der Waals surface area contributed by atoms with Crippen LogP contribution in [0.2, 0.25) is 0 Å². The fourth-order valence-corrected chi connectivity index (χ4v) is 3.19. The van der Waals surface area contributed by atoms with Crippen molar-refractivity contribution in [1.29, 1.82) is 0 Å². The quantitative estimate of drug-likeness (QED) is 0.724. The summed E-state index contributed by atoms with van der Waals surface area (Å²) >= 11 is 0. The fourth-order valence-electron chi connectivity index (χ4n) is 3.19. The predicted octanol–water partition coefficient (Wildman–Crippen LogP) is 2.37. The maximum absolute atomic E-state index is 12.0. The number of carboxylic acid groups (broad SMARTS) is 1. The fraction of sp³-hybridized carbons (Fsp3) is 0.867. The number of urea groups is 1. The normalized spacial score (nSPS) is 27.9. The van der Waals surface area contributed by atoms with Gasteiger partial charge in [0.1, 0.15) is 0 Å². The maximum atomic E-state index is 12.0. The third-order valence-corrected chi connectivity index (χ3v) is 5.12. The zero-order valence-electron chi connectivity index (χ0n) is 12.4. The van der Waals surface area contributed by atoms with Gasteiger partial charge in [-0.25, -0.2) is 4.79 Å². The summed E-state index contributed by atoms with van der Waals surface area (Å²) in [7, 11) is 0. The maximum Gasteiger partial charge on any atom is 0.315 e. The van der Waals surface area contributed by atoms with Crippen molar-refractivity contribution in [1.82, 2.24) is 10.6 Å². The van der Waals surface area contributed by atoms with Crippen LogP contribution in [0.3, 0.4) is 0 Å². The molecule has 3 N–H and O–H groups in total. The summed E-state index contributed by atoms with van der Waals surface area (Å²) in [6.07, 6.45) is 5.70. The number of hydrogen-bond donors (Lipinski definition) is 3. The topological polar surface area (TPSA) is 78.4 Å². The third-order valence-electron chi connectivity index (χ3n) is 5.12. The summed E-state index contributed by atoms with van der Waals surface area (Å²) in [5.74, 6) is -0.658. The number of amides is 2. The lowest BCUT2D eigenvalue weighted by atomic mass is 9.84. The lowest BCUT2D eigenvalue weighted by Gasteiger charge is -2.29. The van der Waals surface area contributed by atoms with Crippen LogP contribution < -0.4 is 10.6 Å². The van der Waals surface area contributed by atoms with Gasteiger partial charge in [-0.2, -0.15) is 0 Å². The average molecular weight is 282 g/mol. The first-order valence-electron chi connectivity index (χ1n) is 7.72. The SMILES string of the molecule is CC(C)C1(CNC(=O)NC2CCCCC2C(=O)O)CC1. The third kappa shape index (κ3) is 3.44. The summed E-state index contributed by atoms with van der Waals surface area (Å²) in [6.45, 7) is 5.07. The molecule has 114 valence electrons. The van der Waals surface area contributed by atoms with Crippen molar-refractivity contribution in [2.75, 3.05) is 6.54 Å². The van der Waals surface area contributed by atoms with Crippen molar-refractivity contribution >= 4 is 12.0 Å². The molecule has 0 spiro atoms. The Morgan fingerprint density at radius 1 is 1.25 bits per heavy atom. The molecule has 0 aromatic carbocycles. The van der Waals surface area contributed by atoms with Crippen LogP contribution in [0.15, 0.2) is 0 Å². The molecule has 0 saturated heterocycles. The van der Waals surface area contributed by atoms with Gasteiger partial charge in [0.25, 0.3) is 0 Å². The van der Waals surface area contributed by atoms with Crippen LogP contribution >= 0.6 is 0 Å². The largest absolute Gasteiger partial charge is 0.481 e. The van der Waals surface area contributed by atoms with Crippen molar-refractivity contribution in [2.45, 2.75) is 58.4 Å². The molecule has 0 radical (unpaired) electrons. The lowest BCUT2D eigenvalue weighted by Crippen LogP contribution is -2.50. The van der Waals surface area contributed by atoms with Crippen LogP contribution in [0.5, 0.6) is 0 Å². The number of aliphatic carboxylic acids is 1. The van der Waals surface area contributed by atoms with E-state index in [0.717, 1.165) is 19.3 Å². The molecule has 2 unspecified atom stereocenters. The number of carbonyl (C=O) groups excluding carboxylic acids is 1. The summed E-state index contributed by atoms with van der Waals surface area (Å²) in [4.78, 5) is 23.2. The minimum atomic E-state index is -0.796. The van der Waals surface area contributed by atoms with E-state index in [1.807, 2.05) is 0 Å². The summed E-state index contributed by atoms with van der Waals surface area (Å²) in [5, 5.41) is 15.0. The molecule has 2 aliphatic rings. The second-order valence-electron chi connectivity index (χ2n) is 6.68. The molecule has 2 atom stereocenters. The molecule has 2 rings (SSSR count). The molecule has 2 aliphatic carbocycles. The zero-order chi connectivity index (χ0) is 14.8. The summed E-state index contributed by atoms with van der Waals surface area (Å²) in [5.41, 5.74) is 0.274. The van der Waals surface area contributed by atoms with Crippen molar-refractivity contribution in [3.8, 4) is 0 Å². The number of carboxylic acids is 1. The minimum absolute atomic E-state index is 0.213. The van der Waals surface area contributed by atoms with Gasteiger partial charge in [0.05, 0.1) is 5.92 Å². The Kier molecular flexibility index (Phi) is 4.55. The van der Waals surface area contributed by atoms with Crippen LogP contribution in [-0.2, 0) is 4.79 Å². The van der Waals surface area contributed by atoms with Gasteiger partial charge in [-0.15, -0.1) is 0 Å². The molecule has 20 heavy (non-hydrogen) atoms. The van der Waals surface area contributed by atoms with Crippen LogP contribution in [0, 0.1) is 17.3 Å². The Labute approximate surface area is 120 Å². The summed E-state index contributed by atoms with van der Waals surface area (Å²) in [6, 6.07) is -0.439. The van der Waals surface area contributed by atoms with E-state index in [-0.39, 0.29) is 17.5 Å². The van der Waals surface area contributed by atoms with Crippen LogP contribution in [0.25, 0.3) is 0 Å². The molecular formula is C15H26N2O3. The zero-order valence-corrected chi connectivity index (χ0v) is 12.4. The van der Waals surface area contributed by atoms with Gasteiger partial charge in [0, 0.05) is 12.6 Å². The molecular weight excluding hydrogens is 256 g/mol. The highest BCUT2D eigenvalue weighted by molar-refractivity contribution is 5.76. The van der Waals surface area contributed by atoms with Gasteiger partial charge >= 0.3 is 12.0 Å². The van der Waals surface area contributed by atoms with Crippen molar-refractivity contribution in [3.05, 3.63) is 0 Å². The van der Waals surface area contributed by atoms with E-state index in [0.29, 0.717) is 18.9 Å². The molecule has 2 fully saturated rings. The molecule has 0 bridgehead atoms. The number of hydrogen-bond acceptors (Lipinski definition) is 2. The van der Waals surface area contributed by atoms with Crippen LogP contribution in [-0.4, -0.2) is 29.7 Å². The van der Waals surface area contributed by atoms with E-state index in [1.54, 1.807) is 0 Å². The molecule has 2 saturated carbocycles. The van der Waals surface area contributed by atoms with Gasteiger partial charge in [-0.3, -0.25) is 4.79 Å². The highest BCUT2D eigenvalue weighted by atomic mass is 16.4. The second kappa shape index (κ2) is 6.02. The molecule has 0 aliphatic heterocycles. The van der Waals surface area contributed by atoms with E-state index in [1.165, 1.54) is 12.8 Å².